The van der Waals surface area contributed by atoms with E-state index < -0.39 is 0 Å². The maximum Gasteiger partial charge on any atom is 0.133 e. The molecule has 3 heteroatoms. The summed E-state index contributed by atoms with van der Waals surface area (Å²) in [6, 6.07) is 4.04. The molecule has 1 aliphatic carbocycles. The van der Waals surface area contributed by atoms with E-state index >= 15 is 0 Å². The summed E-state index contributed by atoms with van der Waals surface area (Å²) in [5.74, 6) is 0.934. The highest BCUT2D eigenvalue weighted by Crippen LogP contribution is 2.24. The molecule has 0 saturated heterocycles. The van der Waals surface area contributed by atoms with Gasteiger partial charge in [0.2, 0.25) is 0 Å². The van der Waals surface area contributed by atoms with Gasteiger partial charge in [-0.3, -0.25) is 9.78 Å². The molecule has 0 radical (unpaired) electrons. The first kappa shape index (κ1) is 10.8. The average molecular weight is 268 g/mol. The highest BCUT2D eigenvalue weighted by Gasteiger charge is 2.19. The minimum absolute atomic E-state index is 0.420. The fourth-order valence-electron chi connectivity index (χ4n) is 2.11. The number of hydrogen-bond donors (Lipinski definition) is 0. The molecule has 0 spiro atoms. The Morgan fingerprint density at radius 2 is 2.33 bits per heavy atom. The Balaban J connectivity index is 1.96. The molecular weight excluding hydrogens is 254 g/mol. The number of rotatable bonds is 2. The molecule has 15 heavy (non-hydrogen) atoms. The van der Waals surface area contributed by atoms with Crippen molar-refractivity contribution < 1.29 is 4.79 Å². The molecule has 1 atom stereocenters. The van der Waals surface area contributed by atoms with Crippen LogP contribution in [0.5, 0.6) is 0 Å². The zero-order valence-corrected chi connectivity index (χ0v) is 10.2. The summed E-state index contributed by atoms with van der Waals surface area (Å²) < 4.78 is 1.01. The maximum absolute atomic E-state index is 11.3. The Hall–Kier alpha value is -0.700. The number of carbonyl (C=O) groups excluding carboxylic acids is 1. The molecule has 80 valence electrons. The highest BCUT2D eigenvalue weighted by molar-refractivity contribution is 9.10. The first-order valence-electron chi connectivity index (χ1n) is 5.36. The van der Waals surface area contributed by atoms with E-state index in [1.807, 2.05) is 18.3 Å². The largest absolute Gasteiger partial charge is 0.300 e. The van der Waals surface area contributed by atoms with Crippen LogP contribution < -0.4 is 0 Å². The number of pyridine rings is 1. The third-order valence-corrected chi connectivity index (χ3v) is 3.34. The van der Waals surface area contributed by atoms with Crippen LogP contribution in [-0.4, -0.2) is 10.8 Å². The van der Waals surface area contributed by atoms with Gasteiger partial charge >= 0.3 is 0 Å². The van der Waals surface area contributed by atoms with Crippen LogP contribution in [-0.2, 0) is 11.2 Å². The van der Waals surface area contributed by atoms with Crippen molar-refractivity contribution in [2.24, 2.45) is 5.92 Å². The molecule has 1 fully saturated rings. The molecule has 1 aromatic rings. The van der Waals surface area contributed by atoms with Gasteiger partial charge < -0.3 is 0 Å². The van der Waals surface area contributed by atoms with Gasteiger partial charge in [0.15, 0.2) is 0 Å². The summed E-state index contributed by atoms with van der Waals surface area (Å²) in [7, 11) is 0. The second-order valence-electron chi connectivity index (χ2n) is 4.17. The topological polar surface area (TPSA) is 30.0 Å². The van der Waals surface area contributed by atoms with Crippen molar-refractivity contribution in [2.45, 2.75) is 32.1 Å². The standard InChI is InChI=1S/C12H14BrNO/c13-10-4-5-11(14-8-10)6-9-2-1-3-12(15)7-9/h4-5,8-9H,1-3,6-7H2. The van der Waals surface area contributed by atoms with Gasteiger partial charge in [-0.25, -0.2) is 0 Å². The van der Waals surface area contributed by atoms with Gasteiger partial charge in [0.05, 0.1) is 0 Å². The first-order valence-corrected chi connectivity index (χ1v) is 6.15. The van der Waals surface area contributed by atoms with Crippen LogP contribution in [0.4, 0.5) is 0 Å². The summed E-state index contributed by atoms with van der Waals surface area (Å²) in [6.45, 7) is 0. The van der Waals surface area contributed by atoms with E-state index in [1.54, 1.807) is 0 Å². The van der Waals surface area contributed by atoms with Gasteiger partial charge in [-0.1, -0.05) is 0 Å². The summed E-state index contributed by atoms with van der Waals surface area (Å²) in [4.78, 5) is 15.6. The van der Waals surface area contributed by atoms with E-state index in [9.17, 15) is 4.79 Å². The molecule has 0 N–H and O–H groups in total. The van der Waals surface area contributed by atoms with Crippen molar-refractivity contribution in [2.75, 3.05) is 0 Å². The van der Waals surface area contributed by atoms with Crippen LogP contribution in [0.1, 0.15) is 31.4 Å². The monoisotopic (exact) mass is 267 g/mol. The molecule has 1 unspecified atom stereocenters. The quantitative estimate of drug-likeness (QED) is 0.824. The molecule has 0 amide bonds. The smallest absolute Gasteiger partial charge is 0.133 e. The predicted octanol–water partition coefficient (Wildman–Crippen LogP) is 3.15. The summed E-state index contributed by atoms with van der Waals surface area (Å²) in [6.07, 6.45) is 6.52. The van der Waals surface area contributed by atoms with Crippen molar-refractivity contribution in [3.8, 4) is 0 Å². The van der Waals surface area contributed by atoms with E-state index in [2.05, 4.69) is 20.9 Å². The number of Topliss-reactive ketones (excluding diaryl/α,β-unsaturated/α-hetero) is 1. The summed E-state index contributed by atoms with van der Waals surface area (Å²) >= 11 is 3.36. The Bertz CT molecular complexity index is 347. The van der Waals surface area contributed by atoms with Crippen LogP contribution in [0.3, 0.4) is 0 Å². The van der Waals surface area contributed by atoms with Gasteiger partial charge in [-0.05, 0) is 53.2 Å². The third kappa shape index (κ3) is 3.13. The number of halogens is 1. The van der Waals surface area contributed by atoms with Crippen molar-refractivity contribution in [1.29, 1.82) is 0 Å². The maximum atomic E-state index is 11.3. The molecule has 1 heterocycles. The van der Waals surface area contributed by atoms with Gasteiger partial charge in [0, 0.05) is 29.2 Å². The lowest BCUT2D eigenvalue weighted by Gasteiger charge is -2.20. The molecule has 2 rings (SSSR count). The number of ketones is 1. The van der Waals surface area contributed by atoms with Crippen LogP contribution in [0, 0.1) is 5.92 Å². The number of hydrogen-bond acceptors (Lipinski definition) is 2. The Kier molecular flexibility index (Phi) is 3.52. The number of aromatic nitrogens is 1. The molecule has 0 bridgehead atoms. The van der Waals surface area contributed by atoms with E-state index in [0.717, 1.165) is 35.8 Å². The van der Waals surface area contributed by atoms with Crippen molar-refractivity contribution in [1.82, 2.24) is 4.98 Å². The van der Waals surface area contributed by atoms with Crippen LogP contribution in [0.25, 0.3) is 0 Å². The molecule has 2 nitrogen and oxygen atoms in total. The first-order chi connectivity index (χ1) is 7.24. The molecular formula is C12H14BrNO. The Labute approximate surface area is 98.2 Å². The second kappa shape index (κ2) is 4.88. The minimum atomic E-state index is 0.420. The number of nitrogens with zero attached hydrogens (tertiary/aromatic N) is 1. The summed E-state index contributed by atoms with van der Waals surface area (Å²) in [5, 5.41) is 0. The highest BCUT2D eigenvalue weighted by atomic mass is 79.9. The van der Waals surface area contributed by atoms with E-state index in [0.29, 0.717) is 11.7 Å². The van der Waals surface area contributed by atoms with Crippen molar-refractivity contribution >= 4 is 21.7 Å². The Morgan fingerprint density at radius 3 is 3.00 bits per heavy atom. The van der Waals surface area contributed by atoms with Crippen LogP contribution in [0.2, 0.25) is 0 Å². The second-order valence-corrected chi connectivity index (χ2v) is 5.09. The normalized spacial score (nSPS) is 21.7. The van der Waals surface area contributed by atoms with E-state index in [4.69, 9.17) is 0 Å². The third-order valence-electron chi connectivity index (χ3n) is 2.87. The Morgan fingerprint density at radius 1 is 1.47 bits per heavy atom. The molecule has 0 aliphatic heterocycles. The number of carbonyl (C=O) groups is 1. The zero-order chi connectivity index (χ0) is 10.7. The lowest BCUT2D eigenvalue weighted by Crippen LogP contribution is -2.17. The zero-order valence-electron chi connectivity index (χ0n) is 8.58. The fraction of sp³-hybridized carbons (Fsp3) is 0.500. The molecule has 1 saturated carbocycles. The lowest BCUT2D eigenvalue weighted by molar-refractivity contribution is -0.121. The minimum Gasteiger partial charge on any atom is -0.300 e. The van der Waals surface area contributed by atoms with Gasteiger partial charge in [-0.15, -0.1) is 0 Å². The SMILES string of the molecule is O=C1CCCC(Cc2ccc(Br)cn2)C1. The van der Waals surface area contributed by atoms with Crippen LogP contribution >= 0.6 is 15.9 Å². The van der Waals surface area contributed by atoms with Crippen molar-refractivity contribution in [3.05, 3.63) is 28.5 Å². The van der Waals surface area contributed by atoms with Crippen LogP contribution in [0.15, 0.2) is 22.8 Å². The van der Waals surface area contributed by atoms with Crippen molar-refractivity contribution in [3.63, 3.8) is 0 Å². The molecule has 0 aromatic carbocycles. The lowest BCUT2D eigenvalue weighted by atomic mass is 9.85. The predicted molar refractivity (Wildman–Crippen MR) is 62.6 cm³/mol. The van der Waals surface area contributed by atoms with Gasteiger partial charge in [0.25, 0.3) is 0 Å². The average Bonchev–Trinajstić information content (AvgIpc) is 2.22. The van der Waals surface area contributed by atoms with E-state index in [-0.39, 0.29) is 0 Å². The van der Waals surface area contributed by atoms with Gasteiger partial charge in [-0.2, -0.15) is 0 Å². The molecule has 1 aromatic heterocycles. The summed E-state index contributed by atoms with van der Waals surface area (Å²) in [5.41, 5.74) is 1.10. The molecule has 1 aliphatic rings. The fourth-order valence-corrected chi connectivity index (χ4v) is 2.35. The van der Waals surface area contributed by atoms with E-state index in [1.165, 1.54) is 6.42 Å². The van der Waals surface area contributed by atoms with Gasteiger partial charge in [0.1, 0.15) is 5.78 Å².